The number of aryl methyl sites for hydroxylation is 3. The topological polar surface area (TPSA) is 0 Å². The summed E-state index contributed by atoms with van der Waals surface area (Å²) < 4.78 is 3.59. The summed E-state index contributed by atoms with van der Waals surface area (Å²) in [7, 11) is -0.408. The molecule has 0 saturated heterocycles. The predicted octanol–water partition coefficient (Wildman–Crippen LogP) is 6.68. The average Bonchev–Trinajstić information content (AvgIpc) is 2.80. The van der Waals surface area contributed by atoms with E-state index in [0.29, 0.717) is 5.92 Å². The summed E-state index contributed by atoms with van der Waals surface area (Å²) in [5, 5.41) is 4.39. The first-order chi connectivity index (χ1) is 13.1. The second kappa shape index (κ2) is 11.7. The molecule has 0 saturated carbocycles. The molecule has 1 aliphatic rings. The van der Waals surface area contributed by atoms with Crippen molar-refractivity contribution in [2.24, 2.45) is 5.92 Å². The van der Waals surface area contributed by atoms with Crippen LogP contribution in [0.3, 0.4) is 0 Å². The van der Waals surface area contributed by atoms with Crippen LogP contribution < -0.4 is 9.05 Å². The Morgan fingerprint density at radius 2 is 1.32 bits per heavy atom. The number of hydrogen-bond acceptors (Lipinski definition) is 0. The number of hydrogen-bond donors (Lipinski definition) is 0. The van der Waals surface area contributed by atoms with E-state index in [-0.39, 0.29) is 37.2 Å². The van der Waals surface area contributed by atoms with Crippen molar-refractivity contribution in [1.29, 1.82) is 0 Å². The number of allylic oxidation sites excluding steroid dienone is 4. The molecule has 0 heterocycles. The molecule has 0 amide bonds. The summed E-state index contributed by atoms with van der Waals surface area (Å²) >= 11 is -2.46. The quantitative estimate of drug-likeness (QED) is 0.385. The van der Waals surface area contributed by atoms with Gasteiger partial charge in [0.25, 0.3) is 0 Å². The molecule has 0 nitrogen and oxygen atoms in total. The van der Waals surface area contributed by atoms with Gasteiger partial charge in [0.1, 0.15) is 0 Å². The van der Waals surface area contributed by atoms with E-state index < -0.39 is 23.2 Å². The fraction of sp³-hybridized carbons (Fsp3) is 0.385. The SMILES string of the molecule is CC1=C(C)C(C)[C]([Ti]([CH3])([SiH2]c2cc(C)cc(C)c2)[c]2cccc(C)c2C)=C1C.Cl.Cl.Cl. The Bertz CT molecular complexity index is 989. The fourth-order valence-corrected chi connectivity index (χ4v) is 24.3. The monoisotopic (exact) mass is 532 g/mol. The Balaban J connectivity index is 0.00000300. The first-order valence-corrected chi connectivity index (χ1v) is 18.4. The Hall–Kier alpha value is -0.279. The molecule has 5 heteroatoms. The van der Waals surface area contributed by atoms with Gasteiger partial charge in [-0.3, -0.25) is 0 Å². The van der Waals surface area contributed by atoms with Crippen LogP contribution in [0.5, 0.6) is 0 Å². The molecule has 0 aliphatic heterocycles. The van der Waals surface area contributed by atoms with Gasteiger partial charge in [-0.1, -0.05) is 0 Å². The van der Waals surface area contributed by atoms with E-state index in [1.165, 1.54) is 16.7 Å². The van der Waals surface area contributed by atoms with Crippen LogP contribution in [0.25, 0.3) is 0 Å². The molecule has 31 heavy (non-hydrogen) atoms. The van der Waals surface area contributed by atoms with Crippen molar-refractivity contribution in [3.8, 4) is 0 Å². The first kappa shape index (κ1) is 30.7. The van der Waals surface area contributed by atoms with Gasteiger partial charge in [0.05, 0.1) is 0 Å². The van der Waals surface area contributed by atoms with Gasteiger partial charge in [0.15, 0.2) is 0 Å². The zero-order valence-corrected chi connectivity index (χ0v) is 25.9. The third kappa shape index (κ3) is 5.81. The van der Waals surface area contributed by atoms with Crippen LogP contribution in [-0.2, 0) is 15.8 Å². The van der Waals surface area contributed by atoms with E-state index in [9.17, 15) is 0 Å². The van der Waals surface area contributed by atoms with Gasteiger partial charge in [0.2, 0.25) is 0 Å². The molecule has 2 atom stereocenters. The minimum Gasteiger partial charge on any atom is -0.147 e. The summed E-state index contributed by atoms with van der Waals surface area (Å²) in [5.41, 5.74) is 10.6. The second-order valence-electron chi connectivity index (χ2n) is 9.32. The Morgan fingerprint density at radius 3 is 1.81 bits per heavy atom. The molecule has 2 aromatic rings. The predicted molar refractivity (Wildman–Crippen MR) is 147 cm³/mol. The van der Waals surface area contributed by atoms with E-state index in [1.54, 1.807) is 31.3 Å². The van der Waals surface area contributed by atoms with Crippen molar-refractivity contribution in [2.45, 2.75) is 60.6 Å². The summed E-state index contributed by atoms with van der Waals surface area (Å²) in [6.45, 7) is 18.7. The molecule has 0 spiro atoms. The Labute approximate surface area is 214 Å². The second-order valence-corrected chi connectivity index (χ2v) is 23.8. The van der Waals surface area contributed by atoms with E-state index in [2.05, 4.69) is 97.0 Å². The first-order valence-electron chi connectivity index (χ1n) is 10.6. The molecule has 3 rings (SSSR count). The van der Waals surface area contributed by atoms with E-state index in [4.69, 9.17) is 0 Å². The molecule has 0 N–H and O–H groups in total. The van der Waals surface area contributed by atoms with Crippen molar-refractivity contribution in [1.82, 2.24) is 0 Å². The standard InChI is InChI=1S/C9H13.C8H11Si.C8H9.CH3.3ClH.Ti/c1-6-5-7(2)9(4)8(6)3;1-6-3-7(2)5-8(9)4-6;1-7-5-3-4-6-8(7)2;;;;;/h6H,1-4H3;3-5H,9H2,1-2H3;3-5H,1-2H3;1H3;3*1H;. The van der Waals surface area contributed by atoms with Crippen molar-refractivity contribution in [3.63, 3.8) is 0 Å². The van der Waals surface area contributed by atoms with Gasteiger partial charge in [-0.2, -0.15) is 0 Å². The van der Waals surface area contributed by atoms with Crippen LogP contribution in [0, 0.1) is 33.6 Å². The molecular formula is C26H39Cl3SiTi. The van der Waals surface area contributed by atoms with Crippen LogP contribution in [0.15, 0.2) is 57.0 Å². The Kier molecular flexibility index (Phi) is 11.6. The van der Waals surface area contributed by atoms with E-state index in [1.807, 2.05) is 3.88 Å². The maximum absolute atomic E-state index is 2.73. The zero-order chi connectivity index (χ0) is 20.8. The summed E-state index contributed by atoms with van der Waals surface area (Å²) in [5.74, 6) is 0.614. The largest absolute Gasteiger partial charge is 0.147 e. The summed E-state index contributed by atoms with van der Waals surface area (Å²) in [6.07, 6.45) is 0. The van der Waals surface area contributed by atoms with Gasteiger partial charge in [-0.15, -0.1) is 37.2 Å². The van der Waals surface area contributed by atoms with Gasteiger partial charge in [0, 0.05) is 0 Å². The minimum atomic E-state index is -2.46. The molecule has 1 aliphatic carbocycles. The van der Waals surface area contributed by atoms with Gasteiger partial charge < -0.3 is 0 Å². The summed E-state index contributed by atoms with van der Waals surface area (Å²) in [6, 6.07) is 14.4. The van der Waals surface area contributed by atoms with Crippen molar-refractivity contribution >= 4 is 53.7 Å². The van der Waals surface area contributed by atoms with Crippen LogP contribution >= 0.6 is 37.2 Å². The van der Waals surface area contributed by atoms with Crippen molar-refractivity contribution < 1.29 is 15.8 Å². The Morgan fingerprint density at radius 1 is 0.774 bits per heavy atom. The molecule has 172 valence electrons. The van der Waals surface area contributed by atoms with Crippen molar-refractivity contribution in [2.75, 3.05) is 0 Å². The normalized spacial score (nSPS) is 17.9. The van der Waals surface area contributed by atoms with Gasteiger partial charge in [-0.25, -0.2) is 0 Å². The van der Waals surface area contributed by atoms with Crippen LogP contribution in [0.4, 0.5) is 0 Å². The van der Waals surface area contributed by atoms with Crippen molar-refractivity contribution in [3.05, 3.63) is 79.2 Å². The zero-order valence-electron chi connectivity index (χ0n) is 20.5. The van der Waals surface area contributed by atoms with Gasteiger partial charge in [-0.05, 0) is 0 Å². The number of rotatable bonds is 4. The molecule has 0 aromatic heterocycles. The summed E-state index contributed by atoms with van der Waals surface area (Å²) in [4.78, 5) is 0. The maximum Gasteiger partial charge on any atom is -0.147 e. The third-order valence-corrected chi connectivity index (χ3v) is 23.0. The average molecular weight is 534 g/mol. The molecular weight excluding hydrogens is 495 g/mol. The molecule has 0 fully saturated rings. The fourth-order valence-electron chi connectivity index (χ4n) is 5.52. The van der Waals surface area contributed by atoms with E-state index in [0.717, 1.165) is 0 Å². The van der Waals surface area contributed by atoms with Crippen LogP contribution in [0.1, 0.15) is 49.9 Å². The molecule has 2 unspecified atom stereocenters. The number of halogens is 3. The minimum absolute atomic E-state index is 0. The number of benzene rings is 2. The maximum atomic E-state index is 2.73. The van der Waals surface area contributed by atoms with E-state index >= 15 is 0 Å². The molecule has 0 radical (unpaired) electrons. The van der Waals surface area contributed by atoms with Crippen LogP contribution in [-0.4, -0.2) is 7.39 Å². The van der Waals surface area contributed by atoms with Crippen LogP contribution in [0.2, 0.25) is 5.23 Å². The molecule has 0 bridgehead atoms. The third-order valence-electron chi connectivity index (χ3n) is 7.27. The smallest absolute Gasteiger partial charge is 0.147 e. The van der Waals surface area contributed by atoms with Gasteiger partial charge >= 0.3 is 178 Å². The molecule has 2 aromatic carbocycles.